The molecule has 166 valence electrons. The number of piperazine rings is 1. The van der Waals surface area contributed by atoms with E-state index >= 15 is 0 Å². The molecule has 4 rings (SSSR count). The standard InChI is InChI=1S/C24H25ClN4O3/c1-16-19(14-17-13-18(32-2)7-8-21(17)26-16)24(31)29-11-9-28(10-12-29)15-23(30)27-22-6-4-3-5-20(22)25/h3-8,13-14H,9-12,15H2,1-2H3,(H,27,30). The number of nitrogens with one attached hydrogen (secondary N) is 1. The Morgan fingerprint density at radius 3 is 2.56 bits per heavy atom. The van der Waals surface area contributed by atoms with E-state index in [9.17, 15) is 9.59 Å². The quantitative estimate of drug-likeness (QED) is 0.640. The second kappa shape index (κ2) is 9.54. The predicted octanol–water partition coefficient (Wildman–Crippen LogP) is 3.60. The maximum absolute atomic E-state index is 13.2. The zero-order valence-corrected chi connectivity index (χ0v) is 18.9. The van der Waals surface area contributed by atoms with E-state index in [-0.39, 0.29) is 18.4 Å². The molecule has 1 N–H and O–H groups in total. The Morgan fingerprint density at radius 2 is 1.84 bits per heavy atom. The molecule has 2 aromatic carbocycles. The molecule has 0 aliphatic carbocycles. The van der Waals surface area contributed by atoms with Gasteiger partial charge in [-0.1, -0.05) is 23.7 Å². The number of halogens is 1. The highest BCUT2D eigenvalue weighted by Crippen LogP contribution is 2.23. The minimum atomic E-state index is -0.124. The summed E-state index contributed by atoms with van der Waals surface area (Å²) in [6.07, 6.45) is 0. The van der Waals surface area contributed by atoms with Crippen LogP contribution in [0.1, 0.15) is 16.1 Å². The fraction of sp³-hybridized carbons (Fsp3) is 0.292. The van der Waals surface area contributed by atoms with E-state index in [1.54, 1.807) is 19.2 Å². The maximum atomic E-state index is 13.2. The van der Waals surface area contributed by atoms with Crippen molar-refractivity contribution in [3.8, 4) is 5.75 Å². The maximum Gasteiger partial charge on any atom is 0.255 e. The van der Waals surface area contributed by atoms with Gasteiger partial charge < -0.3 is 15.0 Å². The van der Waals surface area contributed by atoms with E-state index < -0.39 is 0 Å². The molecular weight excluding hydrogens is 428 g/mol. The van der Waals surface area contributed by atoms with E-state index in [1.165, 1.54) is 0 Å². The normalized spacial score (nSPS) is 14.4. The molecule has 2 heterocycles. The van der Waals surface area contributed by atoms with E-state index in [2.05, 4.69) is 10.3 Å². The van der Waals surface area contributed by atoms with Crippen LogP contribution in [0.2, 0.25) is 5.02 Å². The van der Waals surface area contributed by atoms with Crippen LogP contribution in [0.15, 0.2) is 48.5 Å². The lowest BCUT2D eigenvalue weighted by molar-refractivity contribution is -0.117. The second-order valence-corrected chi connectivity index (χ2v) is 8.18. The summed E-state index contributed by atoms with van der Waals surface area (Å²) in [5.41, 5.74) is 2.72. The number of aromatic nitrogens is 1. The Morgan fingerprint density at radius 1 is 1.09 bits per heavy atom. The number of benzene rings is 2. The lowest BCUT2D eigenvalue weighted by Gasteiger charge is -2.34. The number of para-hydroxylation sites is 1. The van der Waals surface area contributed by atoms with Gasteiger partial charge in [0, 0.05) is 31.6 Å². The van der Waals surface area contributed by atoms with Crippen LogP contribution in [-0.2, 0) is 4.79 Å². The summed E-state index contributed by atoms with van der Waals surface area (Å²) in [4.78, 5) is 34.0. The van der Waals surface area contributed by atoms with Crippen molar-refractivity contribution in [2.75, 3.05) is 45.2 Å². The Balaban J connectivity index is 1.37. The average molecular weight is 453 g/mol. The van der Waals surface area contributed by atoms with Crippen LogP contribution in [0.5, 0.6) is 5.75 Å². The number of methoxy groups -OCH3 is 1. The number of hydrogen-bond donors (Lipinski definition) is 1. The minimum Gasteiger partial charge on any atom is -0.497 e. The van der Waals surface area contributed by atoms with Crippen LogP contribution >= 0.6 is 11.6 Å². The van der Waals surface area contributed by atoms with E-state index in [0.717, 1.165) is 16.7 Å². The summed E-state index contributed by atoms with van der Waals surface area (Å²) in [5, 5.41) is 4.22. The van der Waals surface area contributed by atoms with Gasteiger partial charge in [0.25, 0.3) is 5.91 Å². The highest BCUT2D eigenvalue weighted by atomic mass is 35.5. The van der Waals surface area contributed by atoms with Crippen LogP contribution < -0.4 is 10.1 Å². The number of nitrogens with zero attached hydrogens (tertiary/aromatic N) is 3. The third-order valence-electron chi connectivity index (χ3n) is 5.62. The molecule has 0 radical (unpaired) electrons. The van der Waals surface area contributed by atoms with Gasteiger partial charge in [-0.3, -0.25) is 19.5 Å². The number of aryl methyl sites for hydroxylation is 1. The highest BCUT2D eigenvalue weighted by molar-refractivity contribution is 6.33. The third-order valence-corrected chi connectivity index (χ3v) is 5.95. The summed E-state index contributed by atoms with van der Waals surface area (Å²) in [6, 6.07) is 14.7. The number of carbonyl (C=O) groups is 2. The molecule has 1 saturated heterocycles. The lowest BCUT2D eigenvalue weighted by atomic mass is 10.1. The van der Waals surface area contributed by atoms with Crippen molar-refractivity contribution in [2.45, 2.75) is 6.92 Å². The molecule has 8 heteroatoms. The first kappa shape index (κ1) is 22.0. The predicted molar refractivity (Wildman–Crippen MR) is 125 cm³/mol. The van der Waals surface area contributed by atoms with Gasteiger partial charge in [-0.15, -0.1) is 0 Å². The van der Waals surface area contributed by atoms with Crippen molar-refractivity contribution in [1.29, 1.82) is 0 Å². The fourth-order valence-corrected chi connectivity index (χ4v) is 4.01. The number of pyridine rings is 1. The van der Waals surface area contributed by atoms with Gasteiger partial charge in [-0.05, 0) is 43.3 Å². The second-order valence-electron chi connectivity index (χ2n) is 7.78. The van der Waals surface area contributed by atoms with E-state index in [4.69, 9.17) is 16.3 Å². The van der Waals surface area contributed by atoms with Crippen LogP contribution in [0.4, 0.5) is 5.69 Å². The van der Waals surface area contributed by atoms with Crippen molar-refractivity contribution in [3.63, 3.8) is 0 Å². The van der Waals surface area contributed by atoms with Crippen molar-refractivity contribution >= 4 is 40.0 Å². The summed E-state index contributed by atoms with van der Waals surface area (Å²) in [5.74, 6) is 0.562. The Kier molecular flexibility index (Phi) is 6.58. The number of carbonyl (C=O) groups excluding carboxylic acids is 2. The fourth-order valence-electron chi connectivity index (χ4n) is 3.83. The van der Waals surface area contributed by atoms with Crippen molar-refractivity contribution < 1.29 is 14.3 Å². The Hall–Kier alpha value is -3.16. The number of ether oxygens (including phenoxy) is 1. The smallest absolute Gasteiger partial charge is 0.255 e. The van der Waals surface area contributed by atoms with Gasteiger partial charge >= 0.3 is 0 Å². The highest BCUT2D eigenvalue weighted by Gasteiger charge is 2.25. The molecule has 3 aromatic rings. The summed E-state index contributed by atoms with van der Waals surface area (Å²) in [6.45, 7) is 4.45. The van der Waals surface area contributed by atoms with Crippen molar-refractivity contribution in [2.24, 2.45) is 0 Å². The molecular formula is C24H25ClN4O3. The third kappa shape index (κ3) is 4.84. The largest absolute Gasteiger partial charge is 0.497 e. The van der Waals surface area contributed by atoms with E-state index in [0.29, 0.717) is 48.1 Å². The molecule has 0 spiro atoms. The topological polar surface area (TPSA) is 74.8 Å². The van der Waals surface area contributed by atoms with Crippen LogP contribution in [0.3, 0.4) is 0 Å². The molecule has 1 aliphatic heterocycles. The van der Waals surface area contributed by atoms with E-state index in [1.807, 2.05) is 53.1 Å². The molecule has 0 atom stereocenters. The molecule has 0 bridgehead atoms. The monoisotopic (exact) mass is 452 g/mol. The number of fused-ring (bicyclic) bond motifs is 1. The number of anilines is 1. The Labute approximate surface area is 191 Å². The van der Waals surface area contributed by atoms with Crippen LogP contribution in [0, 0.1) is 6.92 Å². The SMILES string of the molecule is COc1ccc2nc(C)c(C(=O)N3CCN(CC(=O)Nc4ccccc4Cl)CC3)cc2c1. The molecule has 1 fully saturated rings. The first-order chi connectivity index (χ1) is 15.4. The first-order valence-corrected chi connectivity index (χ1v) is 10.8. The van der Waals surface area contributed by atoms with Gasteiger partial charge in [0.15, 0.2) is 0 Å². The number of hydrogen-bond acceptors (Lipinski definition) is 5. The van der Waals surface area contributed by atoms with Gasteiger partial charge in [0.2, 0.25) is 5.91 Å². The van der Waals surface area contributed by atoms with Crippen LogP contribution in [-0.4, -0.2) is 66.4 Å². The molecule has 1 aliphatic rings. The van der Waals surface area contributed by atoms with Gasteiger partial charge in [0.1, 0.15) is 5.75 Å². The molecule has 1 aromatic heterocycles. The molecule has 7 nitrogen and oxygen atoms in total. The van der Waals surface area contributed by atoms with Gasteiger partial charge in [0.05, 0.1) is 41.1 Å². The average Bonchev–Trinajstić information content (AvgIpc) is 2.80. The lowest BCUT2D eigenvalue weighted by Crippen LogP contribution is -2.50. The zero-order chi connectivity index (χ0) is 22.7. The van der Waals surface area contributed by atoms with Gasteiger partial charge in [-0.25, -0.2) is 0 Å². The summed E-state index contributed by atoms with van der Waals surface area (Å²) in [7, 11) is 1.61. The van der Waals surface area contributed by atoms with Crippen molar-refractivity contribution in [3.05, 3.63) is 64.8 Å². The molecule has 0 saturated carbocycles. The summed E-state index contributed by atoms with van der Waals surface area (Å²) < 4.78 is 5.29. The molecule has 32 heavy (non-hydrogen) atoms. The number of amides is 2. The van der Waals surface area contributed by atoms with Gasteiger partial charge in [-0.2, -0.15) is 0 Å². The molecule has 0 unspecified atom stereocenters. The zero-order valence-electron chi connectivity index (χ0n) is 18.1. The first-order valence-electron chi connectivity index (χ1n) is 10.5. The van der Waals surface area contributed by atoms with Crippen molar-refractivity contribution in [1.82, 2.24) is 14.8 Å². The summed E-state index contributed by atoms with van der Waals surface area (Å²) >= 11 is 6.10. The molecule has 2 amide bonds. The number of rotatable bonds is 5. The minimum absolute atomic E-state index is 0.0418. The van der Waals surface area contributed by atoms with Crippen LogP contribution in [0.25, 0.3) is 10.9 Å². The Bertz CT molecular complexity index is 1160.